The topological polar surface area (TPSA) is 46.3 Å². The summed E-state index contributed by atoms with van der Waals surface area (Å²) in [5, 5.41) is 3.86. The summed E-state index contributed by atoms with van der Waals surface area (Å²) in [6, 6.07) is 13.5. The first-order chi connectivity index (χ1) is 12.6. The normalized spacial score (nSPS) is 16.8. The maximum absolute atomic E-state index is 14.1. The molecule has 26 heavy (non-hydrogen) atoms. The Hall–Kier alpha value is -3.02. The van der Waals surface area contributed by atoms with E-state index in [1.165, 1.54) is 24.3 Å². The predicted octanol–water partition coefficient (Wildman–Crippen LogP) is 4.60. The van der Waals surface area contributed by atoms with Gasteiger partial charge in [-0.25, -0.2) is 8.78 Å². The summed E-state index contributed by atoms with van der Waals surface area (Å²) in [4.78, 5) is 14.5. The van der Waals surface area contributed by atoms with E-state index in [1.54, 1.807) is 35.2 Å². The summed E-state index contributed by atoms with van der Waals surface area (Å²) in [6.45, 7) is 0.538. The monoisotopic (exact) mass is 354 g/mol. The van der Waals surface area contributed by atoms with Crippen LogP contribution in [-0.4, -0.2) is 22.5 Å². The van der Waals surface area contributed by atoms with Gasteiger partial charge in [0.25, 0.3) is 5.91 Å². The van der Waals surface area contributed by atoms with E-state index in [-0.39, 0.29) is 29.3 Å². The molecule has 1 aliphatic rings. The number of nitrogens with zero attached hydrogens (tertiary/aromatic N) is 2. The van der Waals surface area contributed by atoms with Crippen LogP contribution in [0.25, 0.3) is 11.3 Å². The van der Waals surface area contributed by atoms with Crippen LogP contribution in [0.1, 0.15) is 34.9 Å². The lowest BCUT2D eigenvalue weighted by atomic mass is 10.0. The number of hydrogen-bond donors (Lipinski definition) is 0. The molecule has 1 amide bonds. The molecule has 4 nitrogen and oxygen atoms in total. The molecule has 2 aromatic carbocycles. The Morgan fingerprint density at radius 2 is 1.88 bits per heavy atom. The molecule has 0 radical (unpaired) electrons. The van der Waals surface area contributed by atoms with Crippen molar-refractivity contribution < 1.29 is 18.1 Å². The largest absolute Gasteiger partial charge is 0.355 e. The van der Waals surface area contributed by atoms with Gasteiger partial charge in [0.2, 0.25) is 0 Å². The first-order valence-corrected chi connectivity index (χ1v) is 8.41. The van der Waals surface area contributed by atoms with Gasteiger partial charge < -0.3 is 9.42 Å². The van der Waals surface area contributed by atoms with Crippen molar-refractivity contribution in [3.63, 3.8) is 0 Å². The summed E-state index contributed by atoms with van der Waals surface area (Å²) < 4.78 is 32.4. The quantitative estimate of drug-likeness (QED) is 0.691. The van der Waals surface area contributed by atoms with Gasteiger partial charge in [0.1, 0.15) is 11.6 Å². The highest BCUT2D eigenvalue weighted by Crippen LogP contribution is 2.34. The van der Waals surface area contributed by atoms with Crippen LogP contribution < -0.4 is 0 Å². The summed E-state index contributed by atoms with van der Waals surface area (Å²) in [5.41, 5.74) is 1.30. The van der Waals surface area contributed by atoms with Crippen LogP contribution >= 0.6 is 0 Å². The third-order valence-corrected chi connectivity index (χ3v) is 4.64. The first kappa shape index (κ1) is 16.4. The lowest BCUT2D eigenvalue weighted by Crippen LogP contribution is -2.31. The maximum Gasteiger partial charge on any atom is 0.276 e. The molecule has 1 saturated heterocycles. The van der Waals surface area contributed by atoms with Gasteiger partial charge in [-0.1, -0.05) is 23.4 Å². The van der Waals surface area contributed by atoms with Gasteiger partial charge in [0.05, 0.1) is 6.04 Å². The highest BCUT2D eigenvalue weighted by molar-refractivity contribution is 5.93. The minimum Gasteiger partial charge on any atom is -0.355 e. The highest BCUT2D eigenvalue weighted by atomic mass is 19.1. The second-order valence-corrected chi connectivity index (χ2v) is 6.26. The van der Waals surface area contributed by atoms with Crippen LogP contribution in [0.3, 0.4) is 0 Å². The molecule has 0 saturated carbocycles. The van der Waals surface area contributed by atoms with Crippen molar-refractivity contribution in [2.75, 3.05) is 6.54 Å². The van der Waals surface area contributed by atoms with E-state index in [2.05, 4.69) is 5.16 Å². The van der Waals surface area contributed by atoms with E-state index in [1.807, 2.05) is 0 Å². The van der Waals surface area contributed by atoms with Gasteiger partial charge in [-0.3, -0.25) is 4.79 Å². The molecular formula is C20H16F2N2O2. The second kappa shape index (κ2) is 6.71. The first-order valence-electron chi connectivity index (χ1n) is 8.41. The van der Waals surface area contributed by atoms with E-state index in [0.717, 1.165) is 6.42 Å². The average molecular weight is 354 g/mol. The molecular weight excluding hydrogens is 338 g/mol. The number of amides is 1. The molecule has 2 heterocycles. The molecule has 3 aromatic rings. The third-order valence-electron chi connectivity index (χ3n) is 4.64. The Labute approximate surface area is 149 Å². The molecule has 132 valence electrons. The van der Waals surface area contributed by atoms with Crippen molar-refractivity contribution >= 4 is 5.91 Å². The summed E-state index contributed by atoms with van der Waals surface area (Å²) in [5.74, 6) is -0.582. The molecule has 0 bridgehead atoms. The van der Waals surface area contributed by atoms with Gasteiger partial charge >= 0.3 is 0 Å². The highest BCUT2D eigenvalue weighted by Gasteiger charge is 2.33. The number of likely N-dealkylation sites (tertiary alicyclic amines) is 1. The molecule has 1 aromatic heterocycles. The summed E-state index contributed by atoms with van der Waals surface area (Å²) >= 11 is 0. The average Bonchev–Trinajstić information content (AvgIpc) is 3.32. The van der Waals surface area contributed by atoms with Crippen LogP contribution in [0.5, 0.6) is 0 Å². The number of carbonyl (C=O) groups is 1. The SMILES string of the molecule is O=C(c1cc(-c2ccc(F)cc2)on1)N1CCC[C@@H]1c1ccccc1F. The van der Waals surface area contributed by atoms with Gasteiger partial charge in [0.15, 0.2) is 11.5 Å². The molecule has 0 unspecified atom stereocenters. The number of hydrogen-bond acceptors (Lipinski definition) is 3. The van der Waals surface area contributed by atoms with Crippen molar-refractivity contribution in [3.8, 4) is 11.3 Å². The fourth-order valence-electron chi connectivity index (χ4n) is 3.35. The molecule has 1 aliphatic heterocycles. The van der Waals surface area contributed by atoms with Crippen LogP contribution in [-0.2, 0) is 0 Å². The van der Waals surface area contributed by atoms with Crippen LogP contribution in [0.2, 0.25) is 0 Å². The zero-order valence-corrected chi connectivity index (χ0v) is 13.9. The van der Waals surface area contributed by atoms with Crippen LogP contribution in [0.4, 0.5) is 8.78 Å². The molecule has 0 spiro atoms. The Morgan fingerprint density at radius 3 is 2.65 bits per heavy atom. The molecule has 0 aliphatic carbocycles. The fourth-order valence-corrected chi connectivity index (χ4v) is 3.35. The molecule has 1 fully saturated rings. The number of aromatic nitrogens is 1. The molecule has 1 atom stereocenters. The fraction of sp³-hybridized carbons (Fsp3) is 0.200. The van der Waals surface area contributed by atoms with Gasteiger partial charge in [-0.2, -0.15) is 0 Å². The second-order valence-electron chi connectivity index (χ2n) is 6.26. The Kier molecular flexibility index (Phi) is 4.24. The third kappa shape index (κ3) is 2.98. The lowest BCUT2D eigenvalue weighted by molar-refractivity contribution is 0.0723. The predicted molar refractivity (Wildman–Crippen MR) is 91.3 cm³/mol. The van der Waals surface area contributed by atoms with Crippen molar-refractivity contribution in [2.24, 2.45) is 0 Å². The Morgan fingerprint density at radius 1 is 1.12 bits per heavy atom. The Balaban J connectivity index is 1.59. The molecule has 4 rings (SSSR count). The van der Waals surface area contributed by atoms with E-state index < -0.39 is 0 Å². The van der Waals surface area contributed by atoms with E-state index >= 15 is 0 Å². The minimum atomic E-state index is -0.352. The molecule has 0 N–H and O–H groups in total. The summed E-state index contributed by atoms with van der Waals surface area (Å²) in [7, 11) is 0. The van der Waals surface area contributed by atoms with E-state index in [9.17, 15) is 13.6 Å². The smallest absolute Gasteiger partial charge is 0.276 e. The van der Waals surface area contributed by atoms with Crippen molar-refractivity contribution in [2.45, 2.75) is 18.9 Å². The number of carbonyl (C=O) groups excluding carboxylic acids is 1. The standard InChI is InChI=1S/C20H16F2N2O2/c21-14-9-7-13(8-10-14)19-12-17(23-26-19)20(25)24-11-3-6-18(24)15-4-1-2-5-16(15)22/h1-2,4-5,7-10,12,18H,3,6,11H2/t18-/m1/s1. The zero-order chi connectivity index (χ0) is 18.1. The lowest BCUT2D eigenvalue weighted by Gasteiger charge is -2.24. The van der Waals surface area contributed by atoms with Crippen molar-refractivity contribution in [1.29, 1.82) is 0 Å². The van der Waals surface area contributed by atoms with Gasteiger partial charge in [-0.05, 0) is 43.2 Å². The molecule has 6 heteroatoms. The van der Waals surface area contributed by atoms with Gasteiger partial charge in [-0.15, -0.1) is 0 Å². The zero-order valence-electron chi connectivity index (χ0n) is 13.9. The number of benzene rings is 2. The van der Waals surface area contributed by atoms with E-state index in [4.69, 9.17) is 4.52 Å². The van der Waals surface area contributed by atoms with E-state index in [0.29, 0.717) is 29.9 Å². The number of halogens is 2. The van der Waals surface area contributed by atoms with Gasteiger partial charge in [0, 0.05) is 23.7 Å². The van der Waals surface area contributed by atoms with Crippen molar-refractivity contribution in [1.82, 2.24) is 10.1 Å². The van der Waals surface area contributed by atoms with Crippen LogP contribution in [0.15, 0.2) is 59.1 Å². The summed E-state index contributed by atoms with van der Waals surface area (Å²) in [6.07, 6.45) is 1.50. The minimum absolute atomic E-state index is 0.160. The number of rotatable bonds is 3. The Bertz CT molecular complexity index is 937. The van der Waals surface area contributed by atoms with Crippen LogP contribution in [0, 0.1) is 11.6 Å². The maximum atomic E-state index is 14.1. The van der Waals surface area contributed by atoms with Crippen molar-refractivity contribution in [3.05, 3.63) is 77.5 Å².